The fourth-order valence-electron chi connectivity index (χ4n) is 0.815. The Morgan fingerprint density at radius 2 is 2.14 bits per heavy atom. The normalized spacial score (nSPS) is 11.5. The highest BCUT2D eigenvalue weighted by molar-refractivity contribution is 5.95. The van der Waals surface area contributed by atoms with Gasteiger partial charge in [-0.25, -0.2) is 0 Å². The number of carbonyl (C=O) groups is 1. The van der Waals surface area contributed by atoms with Crippen LogP contribution in [0.5, 0.6) is 0 Å². The second kappa shape index (κ2) is 3.32. The SMILES string of the molecule is Cc1c(NC(=O)C(F)(F)F)cnn1C. The van der Waals surface area contributed by atoms with E-state index in [-0.39, 0.29) is 5.69 Å². The standard InChI is InChI=1S/C7H8F3N3O/c1-4-5(3-11-13(4)2)12-6(14)7(8,9)10/h3H,1-2H3,(H,12,14). The largest absolute Gasteiger partial charge is 0.471 e. The van der Waals surface area contributed by atoms with Gasteiger partial charge in [0.1, 0.15) is 0 Å². The Morgan fingerprint density at radius 3 is 2.50 bits per heavy atom. The molecular formula is C7H8F3N3O. The first-order valence-corrected chi connectivity index (χ1v) is 3.69. The number of anilines is 1. The van der Waals surface area contributed by atoms with Gasteiger partial charge in [-0.3, -0.25) is 9.48 Å². The molecule has 78 valence electrons. The van der Waals surface area contributed by atoms with Gasteiger partial charge in [0.15, 0.2) is 0 Å². The molecule has 0 aliphatic heterocycles. The number of hydrogen-bond acceptors (Lipinski definition) is 2. The molecular weight excluding hydrogens is 199 g/mol. The van der Waals surface area contributed by atoms with Crippen molar-refractivity contribution in [2.45, 2.75) is 13.1 Å². The predicted octanol–water partition coefficient (Wildman–Crippen LogP) is 1.23. The van der Waals surface area contributed by atoms with Gasteiger partial charge in [-0.05, 0) is 6.92 Å². The van der Waals surface area contributed by atoms with Crippen molar-refractivity contribution in [3.05, 3.63) is 11.9 Å². The van der Waals surface area contributed by atoms with E-state index in [2.05, 4.69) is 5.10 Å². The van der Waals surface area contributed by atoms with Gasteiger partial charge in [-0.15, -0.1) is 0 Å². The van der Waals surface area contributed by atoms with Crippen LogP contribution in [0.4, 0.5) is 18.9 Å². The Bertz CT molecular complexity index is 356. The van der Waals surface area contributed by atoms with Gasteiger partial charge < -0.3 is 5.32 Å². The number of nitrogens with one attached hydrogen (secondary N) is 1. The third-order valence-corrected chi connectivity index (χ3v) is 1.74. The van der Waals surface area contributed by atoms with E-state index in [1.165, 1.54) is 10.9 Å². The van der Waals surface area contributed by atoms with Crippen LogP contribution in [0.25, 0.3) is 0 Å². The molecule has 1 amide bonds. The lowest BCUT2D eigenvalue weighted by Gasteiger charge is -2.06. The molecule has 0 saturated heterocycles. The van der Waals surface area contributed by atoms with Gasteiger partial charge >= 0.3 is 12.1 Å². The minimum absolute atomic E-state index is 0.0647. The summed E-state index contributed by atoms with van der Waals surface area (Å²) >= 11 is 0. The van der Waals surface area contributed by atoms with Crippen molar-refractivity contribution < 1.29 is 18.0 Å². The van der Waals surface area contributed by atoms with Crippen LogP contribution in [0.3, 0.4) is 0 Å². The summed E-state index contributed by atoms with van der Waals surface area (Å²) in [6, 6.07) is 0. The molecule has 1 aromatic rings. The summed E-state index contributed by atoms with van der Waals surface area (Å²) in [5.41, 5.74) is 0.525. The molecule has 0 saturated carbocycles. The Hall–Kier alpha value is -1.53. The van der Waals surface area contributed by atoms with E-state index < -0.39 is 12.1 Å². The Balaban J connectivity index is 2.80. The van der Waals surface area contributed by atoms with Crippen molar-refractivity contribution in [3.63, 3.8) is 0 Å². The van der Waals surface area contributed by atoms with E-state index in [1.807, 2.05) is 0 Å². The maximum absolute atomic E-state index is 11.8. The van der Waals surface area contributed by atoms with Gasteiger partial charge in [0, 0.05) is 7.05 Å². The predicted molar refractivity (Wildman–Crippen MR) is 42.6 cm³/mol. The number of carbonyl (C=O) groups excluding carboxylic acids is 1. The van der Waals surface area contributed by atoms with Gasteiger partial charge in [0.05, 0.1) is 17.6 Å². The number of amides is 1. The first-order chi connectivity index (χ1) is 6.32. The highest BCUT2D eigenvalue weighted by Crippen LogP contribution is 2.19. The highest BCUT2D eigenvalue weighted by atomic mass is 19.4. The van der Waals surface area contributed by atoms with Crippen LogP contribution >= 0.6 is 0 Å². The minimum Gasteiger partial charge on any atom is -0.315 e. The summed E-state index contributed by atoms with van der Waals surface area (Å²) in [5.74, 6) is -1.99. The van der Waals surface area contributed by atoms with Gasteiger partial charge in [0.2, 0.25) is 0 Å². The van der Waals surface area contributed by atoms with E-state index in [9.17, 15) is 18.0 Å². The monoisotopic (exact) mass is 207 g/mol. The van der Waals surface area contributed by atoms with E-state index in [0.29, 0.717) is 5.69 Å². The molecule has 0 aliphatic rings. The molecule has 0 aliphatic carbocycles. The average Bonchev–Trinajstić information content (AvgIpc) is 2.34. The van der Waals surface area contributed by atoms with Gasteiger partial charge in [0.25, 0.3) is 0 Å². The molecule has 0 radical (unpaired) electrons. The smallest absolute Gasteiger partial charge is 0.315 e. The third-order valence-electron chi connectivity index (χ3n) is 1.74. The Labute approximate surface area is 77.7 Å². The zero-order chi connectivity index (χ0) is 10.9. The molecule has 0 fully saturated rings. The average molecular weight is 207 g/mol. The highest BCUT2D eigenvalue weighted by Gasteiger charge is 2.39. The van der Waals surface area contributed by atoms with Crippen molar-refractivity contribution in [2.75, 3.05) is 5.32 Å². The van der Waals surface area contributed by atoms with Crippen molar-refractivity contribution in [1.29, 1.82) is 0 Å². The molecule has 1 rings (SSSR count). The summed E-state index contributed by atoms with van der Waals surface area (Å²) < 4.78 is 36.9. The van der Waals surface area contributed by atoms with Crippen molar-refractivity contribution >= 4 is 11.6 Å². The lowest BCUT2D eigenvalue weighted by atomic mass is 10.4. The van der Waals surface area contributed by atoms with E-state index in [4.69, 9.17) is 0 Å². The van der Waals surface area contributed by atoms with E-state index in [1.54, 1.807) is 19.3 Å². The second-order valence-electron chi connectivity index (χ2n) is 2.72. The number of alkyl halides is 3. The summed E-state index contributed by atoms with van der Waals surface area (Å²) in [6.07, 6.45) is -3.71. The molecule has 0 bridgehead atoms. The van der Waals surface area contributed by atoms with Gasteiger partial charge in [-0.2, -0.15) is 18.3 Å². The number of aryl methyl sites for hydroxylation is 1. The van der Waals surface area contributed by atoms with Crippen molar-refractivity contribution in [1.82, 2.24) is 9.78 Å². The van der Waals surface area contributed by atoms with Crippen LogP contribution in [-0.2, 0) is 11.8 Å². The Morgan fingerprint density at radius 1 is 1.57 bits per heavy atom. The molecule has 0 atom stereocenters. The first-order valence-electron chi connectivity index (χ1n) is 3.69. The zero-order valence-corrected chi connectivity index (χ0v) is 7.51. The fourth-order valence-corrected chi connectivity index (χ4v) is 0.815. The van der Waals surface area contributed by atoms with Crippen LogP contribution in [0, 0.1) is 6.92 Å². The number of hydrogen-bond donors (Lipinski definition) is 1. The minimum atomic E-state index is -4.87. The summed E-state index contributed by atoms with van der Waals surface area (Å²) in [7, 11) is 1.57. The molecule has 4 nitrogen and oxygen atoms in total. The molecule has 1 heterocycles. The number of nitrogens with zero attached hydrogens (tertiary/aromatic N) is 2. The second-order valence-corrected chi connectivity index (χ2v) is 2.72. The lowest BCUT2D eigenvalue weighted by molar-refractivity contribution is -0.167. The van der Waals surface area contributed by atoms with Crippen LogP contribution in [0.15, 0.2) is 6.20 Å². The van der Waals surface area contributed by atoms with Crippen molar-refractivity contribution in [2.24, 2.45) is 7.05 Å². The zero-order valence-electron chi connectivity index (χ0n) is 7.51. The quantitative estimate of drug-likeness (QED) is 0.752. The van der Waals surface area contributed by atoms with Crippen LogP contribution in [0.2, 0.25) is 0 Å². The molecule has 7 heteroatoms. The fraction of sp³-hybridized carbons (Fsp3) is 0.429. The first kappa shape index (κ1) is 10.6. The molecule has 0 spiro atoms. The summed E-state index contributed by atoms with van der Waals surface area (Å²) in [4.78, 5) is 10.5. The summed E-state index contributed by atoms with van der Waals surface area (Å²) in [6.45, 7) is 1.55. The third kappa shape index (κ3) is 2.04. The maximum atomic E-state index is 11.8. The van der Waals surface area contributed by atoms with Gasteiger partial charge in [-0.1, -0.05) is 0 Å². The van der Waals surface area contributed by atoms with Crippen LogP contribution in [0.1, 0.15) is 5.69 Å². The topological polar surface area (TPSA) is 46.9 Å². The van der Waals surface area contributed by atoms with Crippen LogP contribution in [-0.4, -0.2) is 21.9 Å². The number of rotatable bonds is 1. The molecule has 1 aromatic heterocycles. The molecule has 1 N–H and O–H groups in total. The molecule has 14 heavy (non-hydrogen) atoms. The summed E-state index contributed by atoms with van der Waals surface area (Å²) in [5, 5.41) is 5.41. The lowest BCUT2D eigenvalue weighted by Crippen LogP contribution is -2.30. The molecule has 0 aromatic carbocycles. The van der Waals surface area contributed by atoms with E-state index in [0.717, 1.165) is 0 Å². The number of halogens is 3. The van der Waals surface area contributed by atoms with Crippen molar-refractivity contribution in [3.8, 4) is 0 Å². The molecule has 0 unspecified atom stereocenters. The number of aromatic nitrogens is 2. The van der Waals surface area contributed by atoms with E-state index >= 15 is 0 Å². The Kier molecular flexibility index (Phi) is 2.50. The van der Waals surface area contributed by atoms with Crippen LogP contribution < -0.4 is 5.32 Å². The maximum Gasteiger partial charge on any atom is 0.471 e.